The monoisotopic (exact) mass is 410 g/mol. The molecule has 0 bridgehead atoms. The molecule has 0 radical (unpaired) electrons. The second-order valence-electron chi connectivity index (χ2n) is 5.30. The number of para-hydroxylation sites is 1. The van der Waals surface area contributed by atoms with Crippen LogP contribution in [-0.2, 0) is 13.2 Å². The van der Waals surface area contributed by atoms with Crippen LogP contribution >= 0.6 is 35.4 Å². The molecule has 0 spiro atoms. The summed E-state index contributed by atoms with van der Waals surface area (Å²) < 4.78 is 13.5. The number of rotatable bonds is 7. The lowest BCUT2D eigenvalue weighted by molar-refractivity contribution is 0.281. The van der Waals surface area contributed by atoms with Crippen molar-refractivity contribution in [1.29, 1.82) is 0 Å². The van der Waals surface area contributed by atoms with Gasteiger partial charge in [-0.2, -0.15) is 5.10 Å². The number of nitrogens with one attached hydrogen (secondary N) is 2. The molecule has 3 rings (SSSR count). The Morgan fingerprint density at radius 3 is 2.58 bits per heavy atom. The molecule has 0 aliphatic carbocycles. The lowest BCUT2D eigenvalue weighted by Crippen LogP contribution is -2.14. The van der Waals surface area contributed by atoms with Gasteiger partial charge in [0.15, 0.2) is 11.5 Å². The molecule has 0 saturated heterocycles. The van der Waals surface area contributed by atoms with Gasteiger partial charge in [-0.05, 0) is 30.4 Å². The molecule has 1 heterocycles. The number of benzene rings is 2. The Kier molecular flexibility index (Phi) is 6.03. The number of hydrogen-bond donors (Lipinski definition) is 2. The van der Waals surface area contributed by atoms with Crippen LogP contribution in [0.1, 0.15) is 11.1 Å². The molecule has 1 aromatic heterocycles. The van der Waals surface area contributed by atoms with Crippen LogP contribution in [0, 0.1) is 4.77 Å². The maximum atomic E-state index is 6.22. The van der Waals surface area contributed by atoms with Crippen molar-refractivity contribution in [2.75, 3.05) is 12.5 Å². The highest BCUT2D eigenvalue weighted by Crippen LogP contribution is 2.33. The molecule has 26 heavy (non-hydrogen) atoms. The topological polar surface area (TPSA) is 64.1 Å². The molecular weight excluding hydrogens is 395 g/mol. The summed E-state index contributed by atoms with van der Waals surface area (Å²) in [4.78, 5) is 0. The Balaban J connectivity index is 1.83. The maximum absolute atomic E-state index is 6.22. The largest absolute Gasteiger partial charge is 0.493 e. The minimum Gasteiger partial charge on any atom is -0.493 e. The van der Waals surface area contributed by atoms with E-state index in [1.54, 1.807) is 36.3 Å². The van der Waals surface area contributed by atoms with Gasteiger partial charge >= 0.3 is 0 Å². The lowest BCUT2D eigenvalue weighted by atomic mass is 10.2. The standard InChI is InChI=1S/C17H16Cl2N4O2S/c1-24-15-7-2-4-11(8-21-23-10-20-22-17(23)26)16(15)25-9-12-13(18)5-3-6-14(12)19/h2-7,10,21H,8-9H2,1H3,(H,22,26). The third-order valence-electron chi connectivity index (χ3n) is 3.69. The second-order valence-corrected chi connectivity index (χ2v) is 6.50. The summed E-state index contributed by atoms with van der Waals surface area (Å²) in [6.45, 7) is 0.674. The summed E-state index contributed by atoms with van der Waals surface area (Å²) in [5.74, 6) is 1.22. The first-order chi connectivity index (χ1) is 12.6. The number of nitrogens with zero attached hydrogens (tertiary/aromatic N) is 2. The predicted molar refractivity (Wildman–Crippen MR) is 104 cm³/mol. The van der Waals surface area contributed by atoms with Crippen LogP contribution in [0.3, 0.4) is 0 Å². The molecule has 2 N–H and O–H groups in total. The summed E-state index contributed by atoms with van der Waals surface area (Å²) in [6.07, 6.45) is 1.56. The summed E-state index contributed by atoms with van der Waals surface area (Å²) in [6, 6.07) is 11.0. The van der Waals surface area contributed by atoms with Gasteiger partial charge in [-0.3, -0.25) is 5.10 Å². The first-order valence-corrected chi connectivity index (χ1v) is 8.84. The summed E-state index contributed by atoms with van der Waals surface area (Å²) in [5.41, 5.74) is 4.76. The van der Waals surface area contributed by atoms with E-state index < -0.39 is 0 Å². The molecule has 136 valence electrons. The zero-order chi connectivity index (χ0) is 18.5. The number of methoxy groups -OCH3 is 1. The van der Waals surface area contributed by atoms with Gasteiger partial charge in [0, 0.05) is 21.2 Å². The van der Waals surface area contributed by atoms with Gasteiger partial charge in [0.05, 0.1) is 13.7 Å². The molecular formula is C17H16Cl2N4O2S. The van der Waals surface area contributed by atoms with Gasteiger partial charge in [-0.15, -0.1) is 0 Å². The van der Waals surface area contributed by atoms with Crippen molar-refractivity contribution >= 4 is 35.4 Å². The van der Waals surface area contributed by atoms with Crippen molar-refractivity contribution in [1.82, 2.24) is 14.9 Å². The van der Waals surface area contributed by atoms with Gasteiger partial charge in [-0.1, -0.05) is 41.4 Å². The lowest BCUT2D eigenvalue weighted by Gasteiger charge is -2.17. The van der Waals surface area contributed by atoms with Crippen molar-refractivity contribution in [2.45, 2.75) is 13.2 Å². The van der Waals surface area contributed by atoms with Crippen LogP contribution in [0.15, 0.2) is 42.7 Å². The van der Waals surface area contributed by atoms with Crippen molar-refractivity contribution in [3.8, 4) is 11.5 Å². The molecule has 9 heteroatoms. The molecule has 0 amide bonds. The highest BCUT2D eigenvalue weighted by molar-refractivity contribution is 7.71. The number of hydrogen-bond acceptors (Lipinski definition) is 5. The Labute approximate surface area is 165 Å². The van der Waals surface area contributed by atoms with E-state index in [1.807, 2.05) is 18.2 Å². The first kappa shape index (κ1) is 18.6. The molecule has 2 aromatic carbocycles. The van der Waals surface area contributed by atoms with Gasteiger partial charge in [-0.25, -0.2) is 4.68 Å². The third kappa shape index (κ3) is 4.12. The number of H-pyrrole nitrogens is 1. The van der Waals surface area contributed by atoms with Gasteiger partial charge in [0.2, 0.25) is 4.77 Å². The highest BCUT2D eigenvalue weighted by atomic mass is 35.5. The predicted octanol–water partition coefficient (Wildman–Crippen LogP) is 4.58. The fraction of sp³-hybridized carbons (Fsp3) is 0.176. The van der Waals surface area contributed by atoms with Crippen LogP contribution in [-0.4, -0.2) is 22.0 Å². The molecule has 0 atom stereocenters. The van der Waals surface area contributed by atoms with E-state index in [-0.39, 0.29) is 6.61 Å². The van der Waals surface area contributed by atoms with Crippen LogP contribution in [0.2, 0.25) is 10.0 Å². The minimum atomic E-state index is 0.219. The first-order valence-electron chi connectivity index (χ1n) is 7.67. The second kappa shape index (κ2) is 8.44. The fourth-order valence-electron chi connectivity index (χ4n) is 2.37. The van der Waals surface area contributed by atoms with Crippen molar-refractivity contribution in [2.24, 2.45) is 0 Å². The number of ether oxygens (including phenoxy) is 2. The van der Waals surface area contributed by atoms with Crippen molar-refractivity contribution in [3.63, 3.8) is 0 Å². The van der Waals surface area contributed by atoms with Gasteiger partial charge < -0.3 is 14.9 Å². The normalized spacial score (nSPS) is 10.6. The maximum Gasteiger partial charge on any atom is 0.214 e. The molecule has 0 saturated carbocycles. The SMILES string of the molecule is COc1cccc(CNn2cn[nH]c2=S)c1OCc1c(Cl)cccc1Cl. The molecule has 6 nitrogen and oxygen atoms in total. The van der Waals surface area contributed by atoms with E-state index in [0.29, 0.717) is 32.9 Å². The van der Waals surface area contributed by atoms with E-state index >= 15 is 0 Å². The highest BCUT2D eigenvalue weighted by Gasteiger charge is 2.13. The Bertz CT molecular complexity index is 938. The summed E-state index contributed by atoms with van der Waals surface area (Å²) in [5, 5.41) is 7.66. The Hall–Kier alpha value is -2.22. The molecule has 0 aliphatic rings. The molecule has 0 fully saturated rings. The van der Waals surface area contributed by atoms with Gasteiger partial charge in [0.25, 0.3) is 0 Å². The average molecular weight is 411 g/mol. The van der Waals surface area contributed by atoms with Crippen molar-refractivity contribution in [3.05, 3.63) is 68.7 Å². The van der Waals surface area contributed by atoms with E-state index in [1.165, 1.54) is 0 Å². The summed E-state index contributed by atoms with van der Waals surface area (Å²) in [7, 11) is 1.59. The molecule has 3 aromatic rings. The van der Waals surface area contributed by atoms with E-state index in [9.17, 15) is 0 Å². The van der Waals surface area contributed by atoms with E-state index in [0.717, 1.165) is 11.1 Å². The van der Waals surface area contributed by atoms with Crippen LogP contribution in [0.5, 0.6) is 11.5 Å². The zero-order valence-electron chi connectivity index (χ0n) is 13.8. The van der Waals surface area contributed by atoms with Crippen LogP contribution in [0.4, 0.5) is 0 Å². The average Bonchev–Trinajstić information content (AvgIpc) is 3.04. The smallest absolute Gasteiger partial charge is 0.214 e. The Morgan fingerprint density at radius 1 is 1.19 bits per heavy atom. The number of aromatic nitrogens is 3. The zero-order valence-corrected chi connectivity index (χ0v) is 16.2. The fourth-order valence-corrected chi connectivity index (χ4v) is 3.04. The molecule has 0 unspecified atom stereocenters. The van der Waals surface area contributed by atoms with Crippen LogP contribution in [0.25, 0.3) is 0 Å². The van der Waals surface area contributed by atoms with Gasteiger partial charge in [0.1, 0.15) is 12.9 Å². The Morgan fingerprint density at radius 2 is 1.92 bits per heavy atom. The van der Waals surface area contributed by atoms with E-state index in [2.05, 4.69) is 15.6 Å². The van der Waals surface area contributed by atoms with Crippen LogP contribution < -0.4 is 14.9 Å². The van der Waals surface area contributed by atoms with E-state index in [4.69, 9.17) is 44.9 Å². The number of aromatic amines is 1. The summed E-state index contributed by atoms with van der Waals surface area (Å²) >= 11 is 17.6. The molecule has 0 aliphatic heterocycles. The quantitative estimate of drug-likeness (QED) is 0.558. The van der Waals surface area contributed by atoms with Crippen molar-refractivity contribution < 1.29 is 9.47 Å². The minimum absolute atomic E-state index is 0.219. The third-order valence-corrected chi connectivity index (χ3v) is 4.69. The number of halogens is 2.